The summed E-state index contributed by atoms with van der Waals surface area (Å²) in [6.07, 6.45) is 14.5. The molecule has 0 fully saturated rings. The first-order valence-electron chi connectivity index (χ1n) is 16.6. The van der Waals surface area contributed by atoms with Gasteiger partial charge in [0.2, 0.25) is 0 Å². The van der Waals surface area contributed by atoms with Gasteiger partial charge in [-0.25, -0.2) is 18.3 Å². The van der Waals surface area contributed by atoms with E-state index < -0.39 is 0 Å². The number of amides is 2. The lowest BCUT2D eigenvalue weighted by Gasteiger charge is -2.17. The lowest BCUT2D eigenvalue weighted by molar-refractivity contribution is -0.673. The summed E-state index contributed by atoms with van der Waals surface area (Å²) in [6.45, 7) is 14.4. The number of hydrogen-bond donors (Lipinski definition) is 2. The van der Waals surface area contributed by atoms with Gasteiger partial charge in [0.1, 0.15) is 24.8 Å². The van der Waals surface area contributed by atoms with Crippen molar-refractivity contribution in [1.29, 1.82) is 0 Å². The molecule has 240 valence electrons. The average Bonchev–Trinajstić information content (AvgIpc) is 3.58. The van der Waals surface area contributed by atoms with Crippen molar-refractivity contribution in [3.8, 4) is 0 Å². The van der Waals surface area contributed by atoms with Crippen LogP contribution < -0.4 is 19.8 Å². The molecule has 2 amide bonds. The molecule has 2 N–H and O–H groups in total. The third kappa shape index (κ3) is 7.72. The Kier molecular flexibility index (Phi) is 11.4. The van der Waals surface area contributed by atoms with E-state index in [-0.39, 0.29) is 11.8 Å². The van der Waals surface area contributed by atoms with Crippen LogP contribution in [0.4, 0.5) is 11.4 Å². The first-order chi connectivity index (χ1) is 21.6. The van der Waals surface area contributed by atoms with Crippen LogP contribution in [0.2, 0.25) is 0 Å². The van der Waals surface area contributed by atoms with Crippen LogP contribution in [-0.2, 0) is 46.4 Å². The predicted octanol–water partition coefficient (Wildman–Crippen LogP) is 6.38. The number of aromatic nitrogens is 4. The van der Waals surface area contributed by atoms with Crippen molar-refractivity contribution >= 4 is 23.2 Å². The van der Waals surface area contributed by atoms with E-state index in [9.17, 15) is 9.59 Å². The molecule has 8 nitrogen and oxygen atoms in total. The van der Waals surface area contributed by atoms with Crippen LogP contribution in [0.3, 0.4) is 0 Å². The summed E-state index contributed by atoms with van der Waals surface area (Å²) < 4.78 is 7.87. The van der Waals surface area contributed by atoms with Crippen LogP contribution in [0.25, 0.3) is 0 Å². The van der Waals surface area contributed by atoms with Crippen molar-refractivity contribution in [1.82, 2.24) is 9.13 Å². The second kappa shape index (κ2) is 15.2. The summed E-state index contributed by atoms with van der Waals surface area (Å²) in [4.78, 5) is 26.9. The number of nitrogens with zero attached hydrogens (tertiary/aromatic N) is 4. The molecule has 0 bridgehead atoms. The minimum absolute atomic E-state index is 0.0868. The molecule has 0 unspecified atom stereocenters. The fourth-order valence-corrected chi connectivity index (χ4v) is 6.22. The van der Waals surface area contributed by atoms with Crippen molar-refractivity contribution in [3.05, 3.63) is 94.1 Å². The number of carbonyl (C=O) groups is 2. The fraction of sp³-hybridized carbons (Fsp3) is 0.459. The van der Waals surface area contributed by atoms with Crippen molar-refractivity contribution < 1.29 is 18.7 Å². The van der Waals surface area contributed by atoms with Crippen LogP contribution in [-0.4, -0.2) is 20.9 Å². The summed E-state index contributed by atoms with van der Waals surface area (Å²) in [5, 5.41) is 6.48. The third-order valence-corrected chi connectivity index (χ3v) is 8.67. The summed E-state index contributed by atoms with van der Waals surface area (Å²) in [7, 11) is 3.84. The summed E-state index contributed by atoms with van der Waals surface area (Å²) >= 11 is 0. The summed E-state index contributed by atoms with van der Waals surface area (Å²) in [5.74, 6) is 1.14. The second-order valence-corrected chi connectivity index (χ2v) is 12.2. The van der Waals surface area contributed by atoms with E-state index in [1.165, 1.54) is 11.1 Å². The quantitative estimate of drug-likeness (QED) is 0.162. The van der Waals surface area contributed by atoms with Gasteiger partial charge in [0, 0.05) is 11.4 Å². The molecule has 0 radical (unpaired) electrons. The number of benzene rings is 2. The first kappa shape index (κ1) is 33.7. The van der Waals surface area contributed by atoms with Crippen molar-refractivity contribution in [3.63, 3.8) is 0 Å². The number of unbranched alkanes of at least 4 members (excludes halogenated alkanes) is 2. The Morgan fingerprint density at radius 1 is 0.667 bits per heavy atom. The van der Waals surface area contributed by atoms with Crippen LogP contribution in [0.1, 0.15) is 108 Å². The Hall–Kier alpha value is -4.20. The molecule has 0 aliphatic carbocycles. The highest BCUT2D eigenvalue weighted by Crippen LogP contribution is 2.29. The predicted molar refractivity (Wildman–Crippen MR) is 181 cm³/mol. The highest BCUT2D eigenvalue weighted by atomic mass is 16.2. The number of carbonyl (C=O) groups excluding carboxylic acids is 2. The van der Waals surface area contributed by atoms with Crippen molar-refractivity contribution in [2.45, 2.75) is 99.6 Å². The van der Waals surface area contributed by atoms with E-state index in [1.807, 2.05) is 57.2 Å². The standard InChI is InChI=1S/C37H50N6O2/c1-9-13-15-42-19-17-40(7)36(42)34(44)38-32-26(5)21-28(24-30(32)11-3)23-29-22-27(6)33(31(12-4)25-29)39-35(45)37-41(8)18-20-43(37)16-14-10-2/h17-22,24-25H,9-16,23H2,1-8H3/p+2. The second-order valence-electron chi connectivity index (χ2n) is 12.2. The Morgan fingerprint density at radius 3 is 1.42 bits per heavy atom. The molecule has 0 saturated heterocycles. The van der Waals surface area contributed by atoms with Gasteiger partial charge in [-0.05, 0) is 79.3 Å². The van der Waals surface area contributed by atoms with E-state index in [4.69, 9.17) is 0 Å². The maximum atomic E-state index is 13.5. The van der Waals surface area contributed by atoms with Gasteiger partial charge in [-0.2, -0.15) is 0 Å². The van der Waals surface area contributed by atoms with E-state index in [0.29, 0.717) is 11.6 Å². The molecule has 8 heteroatoms. The number of aryl methyl sites for hydroxylation is 8. The maximum absolute atomic E-state index is 13.5. The largest absolute Gasteiger partial charge is 0.348 e. The zero-order valence-electron chi connectivity index (χ0n) is 28.6. The highest BCUT2D eigenvalue weighted by Gasteiger charge is 2.26. The van der Waals surface area contributed by atoms with Gasteiger partial charge in [0.25, 0.3) is 0 Å². The molecule has 0 aliphatic heterocycles. The zero-order valence-corrected chi connectivity index (χ0v) is 28.6. The fourth-order valence-electron chi connectivity index (χ4n) is 6.22. The van der Waals surface area contributed by atoms with E-state index in [1.54, 1.807) is 0 Å². The zero-order chi connectivity index (χ0) is 32.7. The lowest BCUT2D eigenvalue weighted by atomic mass is 9.94. The average molecular weight is 613 g/mol. The van der Waals surface area contributed by atoms with Gasteiger partial charge in [-0.15, -0.1) is 0 Å². The molecular weight excluding hydrogens is 560 g/mol. The molecule has 2 aromatic heterocycles. The van der Waals surface area contributed by atoms with Crippen molar-refractivity contribution in [2.75, 3.05) is 10.6 Å². The molecule has 4 rings (SSSR count). The van der Waals surface area contributed by atoms with E-state index in [2.05, 4.69) is 76.4 Å². The number of hydrogen-bond acceptors (Lipinski definition) is 2. The Balaban J connectivity index is 1.56. The SMILES string of the molecule is CCCCn1cc[n+](C)c1C(=O)Nc1c(C)cc(Cc2cc(C)c(NC(=O)c3n(CCCC)cc[n+]3C)c(CC)c2)cc1CC. The molecule has 0 spiro atoms. The Bertz CT molecular complexity index is 1540. The van der Waals surface area contributed by atoms with Crippen LogP contribution in [0.15, 0.2) is 49.1 Å². The van der Waals surface area contributed by atoms with E-state index in [0.717, 1.165) is 91.7 Å². The summed E-state index contributed by atoms with van der Waals surface area (Å²) in [6, 6.07) is 8.82. The van der Waals surface area contributed by atoms with Gasteiger partial charge >= 0.3 is 23.5 Å². The third-order valence-electron chi connectivity index (χ3n) is 8.67. The minimum Gasteiger partial charge on any atom is -0.315 e. The monoisotopic (exact) mass is 612 g/mol. The Labute approximate surface area is 269 Å². The van der Waals surface area contributed by atoms with Gasteiger partial charge in [0.05, 0.1) is 27.2 Å². The highest BCUT2D eigenvalue weighted by molar-refractivity contribution is 6.02. The number of nitrogens with one attached hydrogen (secondary N) is 2. The van der Waals surface area contributed by atoms with Crippen molar-refractivity contribution in [2.24, 2.45) is 14.1 Å². The molecule has 4 aromatic rings. The molecule has 2 heterocycles. The first-order valence-corrected chi connectivity index (χ1v) is 16.6. The number of anilines is 2. The molecule has 45 heavy (non-hydrogen) atoms. The van der Waals surface area contributed by atoms with Crippen LogP contribution in [0.5, 0.6) is 0 Å². The minimum atomic E-state index is -0.0868. The van der Waals surface area contributed by atoms with Gasteiger partial charge in [0.15, 0.2) is 0 Å². The van der Waals surface area contributed by atoms with Gasteiger partial charge in [-0.1, -0.05) is 64.8 Å². The topological polar surface area (TPSA) is 75.8 Å². The molecular formula is C37H52N6O2+2. The molecule has 0 atom stereocenters. The van der Waals surface area contributed by atoms with Crippen LogP contribution in [0, 0.1) is 13.8 Å². The molecule has 0 aliphatic rings. The Morgan fingerprint density at radius 2 is 1.07 bits per heavy atom. The van der Waals surface area contributed by atoms with Gasteiger partial charge < -0.3 is 10.6 Å². The summed E-state index contributed by atoms with van der Waals surface area (Å²) in [5.41, 5.74) is 8.58. The number of rotatable bonds is 14. The lowest BCUT2D eigenvalue weighted by Crippen LogP contribution is -2.38. The van der Waals surface area contributed by atoms with Crippen LogP contribution >= 0.6 is 0 Å². The maximum Gasteiger partial charge on any atom is 0.348 e. The normalized spacial score (nSPS) is 11.2. The molecule has 2 aromatic carbocycles. The smallest absolute Gasteiger partial charge is 0.315 e. The number of imidazole rings is 2. The van der Waals surface area contributed by atoms with Gasteiger partial charge in [-0.3, -0.25) is 9.59 Å². The van der Waals surface area contributed by atoms with E-state index >= 15 is 0 Å². The molecule has 0 saturated carbocycles.